The molecule has 1 unspecified atom stereocenters. The Labute approximate surface area is 159 Å². The number of esters is 1. The average molecular weight is 367 g/mol. The van der Waals surface area contributed by atoms with Gasteiger partial charge in [-0.25, -0.2) is 4.79 Å². The van der Waals surface area contributed by atoms with E-state index in [1.54, 1.807) is 18.2 Å². The molecule has 1 N–H and O–H groups in total. The predicted octanol–water partition coefficient (Wildman–Crippen LogP) is 3.69. The zero-order valence-corrected chi connectivity index (χ0v) is 15.7. The molecule has 27 heavy (non-hydrogen) atoms. The van der Waals surface area contributed by atoms with E-state index in [4.69, 9.17) is 9.47 Å². The van der Waals surface area contributed by atoms with E-state index < -0.39 is 0 Å². The van der Waals surface area contributed by atoms with Crippen LogP contribution in [0.25, 0.3) is 0 Å². The minimum atomic E-state index is -0.345. The summed E-state index contributed by atoms with van der Waals surface area (Å²) in [4.78, 5) is 24.7. The summed E-state index contributed by atoms with van der Waals surface area (Å²) in [5, 5.41) is 2.90. The highest BCUT2D eigenvalue weighted by molar-refractivity contribution is 5.97. The zero-order chi connectivity index (χ0) is 19.2. The fourth-order valence-electron chi connectivity index (χ4n) is 3.09. The van der Waals surface area contributed by atoms with Crippen molar-refractivity contribution in [2.24, 2.45) is 0 Å². The molecule has 3 rings (SSSR count). The first kappa shape index (κ1) is 19.1. The molecule has 1 amide bonds. The van der Waals surface area contributed by atoms with E-state index in [1.807, 2.05) is 44.2 Å². The van der Waals surface area contributed by atoms with E-state index in [-0.39, 0.29) is 24.1 Å². The minimum Gasteiger partial charge on any atom is -0.454 e. The molecule has 0 bridgehead atoms. The number of benzene rings is 2. The van der Waals surface area contributed by atoms with Crippen LogP contribution >= 0.6 is 0 Å². The van der Waals surface area contributed by atoms with Crippen molar-refractivity contribution >= 4 is 11.9 Å². The lowest BCUT2D eigenvalue weighted by Crippen LogP contribution is -2.27. The first-order chi connectivity index (χ1) is 13.0. The minimum absolute atomic E-state index is 0.141. The van der Waals surface area contributed by atoms with Crippen LogP contribution in [0.2, 0.25) is 0 Å². The number of ether oxygens (including phenoxy) is 2. The van der Waals surface area contributed by atoms with Gasteiger partial charge in [0, 0.05) is 25.1 Å². The van der Waals surface area contributed by atoms with E-state index in [1.165, 1.54) is 0 Å². The first-order valence-corrected chi connectivity index (χ1v) is 9.33. The van der Waals surface area contributed by atoms with Crippen LogP contribution in [0.15, 0.2) is 48.5 Å². The molecule has 0 radical (unpaired) electrons. The van der Waals surface area contributed by atoms with Crippen molar-refractivity contribution < 1.29 is 19.1 Å². The average Bonchev–Trinajstić information content (AvgIpc) is 2.67. The molecule has 0 aromatic heterocycles. The summed E-state index contributed by atoms with van der Waals surface area (Å²) >= 11 is 0. The number of amides is 1. The third-order valence-corrected chi connectivity index (χ3v) is 4.47. The van der Waals surface area contributed by atoms with Crippen LogP contribution in [-0.2, 0) is 15.9 Å². The molecule has 0 fully saturated rings. The Morgan fingerprint density at radius 1 is 1.22 bits per heavy atom. The maximum Gasteiger partial charge on any atom is 0.339 e. The van der Waals surface area contributed by atoms with Crippen molar-refractivity contribution in [2.45, 2.75) is 38.9 Å². The summed E-state index contributed by atoms with van der Waals surface area (Å²) in [5.74, 6) is -0.486. The zero-order valence-electron chi connectivity index (χ0n) is 15.7. The highest BCUT2D eigenvalue weighted by atomic mass is 16.5. The van der Waals surface area contributed by atoms with Crippen molar-refractivity contribution in [1.82, 2.24) is 5.32 Å². The highest BCUT2D eigenvalue weighted by Crippen LogP contribution is 2.31. The Bertz CT molecular complexity index is 801. The molecule has 1 aliphatic heterocycles. The van der Waals surface area contributed by atoms with Gasteiger partial charge < -0.3 is 14.8 Å². The largest absolute Gasteiger partial charge is 0.454 e. The molecule has 0 saturated heterocycles. The third-order valence-electron chi connectivity index (χ3n) is 4.47. The number of rotatable bonds is 7. The molecular weight excluding hydrogens is 342 g/mol. The van der Waals surface area contributed by atoms with E-state index in [2.05, 4.69) is 5.32 Å². The van der Waals surface area contributed by atoms with Crippen LogP contribution in [0.1, 0.15) is 58.2 Å². The maximum atomic E-state index is 12.4. The molecule has 5 nitrogen and oxygen atoms in total. The Hall–Kier alpha value is -2.66. The molecule has 0 saturated carbocycles. The molecule has 1 aliphatic rings. The van der Waals surface area contributed by atoms with Crippen LogP contribution in [0, 0.1) is 0 Å². The smallest absolute Gasteiger partial charge is 0.339 e. The van der Waals surface area contributed by atoms with Crippen molar-refractivity contribution in [3.05, 3.63) is 70.8 Å². The van der Waals surface area contributed by atoms with Gasteiger partial charge in [-0.05, 0) is 49.6 Å². The molecule has 5 heteroatoms. The number of nitrogens with one attached hydrogen (secondary N) is 1. The molecule has 142 valence electrons. The number of fused-ring (bicyclic) bond motifs is 1. The lowest BCUT2D eigenvalue weighted by Gasteiger charge is -2.25. The fourth-order valence-corrected chi connectivity index (χ4v) is 3.09. The number of hydrogen-bond acceptors (Lipinski definition) is 4. The Balaban J connectivity index is 1.65. The van der Waals surface area contributed by atoms with Gasteiger partial charge in [-0.3, -0.25) is 4.79 Å². The summed E-state index contributed by atoms with van der Waals surface area (Å²) in [6.45, 7) is 5.14. The second-order valence-electron chi connectivity index (χ2n) is 6.91. The van der Waals surface area contributed by atoms with Crippen molar-refractivity contribution in [3.63, 3.8) is 0 Å². The lowest BCUT2D eigenvalue weighted by molar-refractivity contribution is 0.0252. The summed E-state index contributed by atoms with van der Waals surface area (Å²) in [5.41, 5.74) is 2.89. The van der Waals surface area contributed by atoms with Crippen molar-refractivity contribution in [2.75, 3.05) is 13.2 Å². The Morgan fingerprint density at radius 3 is 2.74 bits per heavy atom. The molecule has 0 spiro atoms. The van der Waals surface area contributed by atoms with Gasteiger partial charge in [0.25, 0.3) is 5.91 Å². The fraction of sp³-hybridized carbons (Fsp3) is 0.364. The van der Waals surface area contributed by atoms with E-state index >= 15 is 0 Å². The van der Waals surface area contributed by atoms with Gasteiger partial charge in [0.05, 0.1) is 11.7 Å². The van der Waals surface area contributed by atoms with Crippen LogP contribution in [0.4, 0.5) is 0 Å². The van der Waals surface area contributed by atoms with Crippen molar-refractivity contribution in [3.8, 4) is 0 Å². The van der Waals surface area contributed by atoms with Gasteiger partial charge in [0.1, 0.15) is 6.10 Å². The van der Waals surface area contributed by atoms with E-state index in [0.29, 0.717) is 30.7 Å². The third kappa shape index (κ3) is 4.95. The number of carbonyl (C=O) groups is 2. The second kappa shape index (κ2) is 8.82. The summed E-state index contributed by atoms with van der Waals surface area (Å²) in [6.07, 6.45) is 1.20. The summed E-state index contributed by atoms with van der Waals surface area (Å²) < 4.78 is 11.0. The van der Waals surface area contributed by atoms with Crippen LogP contribution in [0.3, 0.4) is 0 Å². The second-order valence-corrected chi connectivity index (χ2v) is 6.91. The predicted molar refractivity (Wildman–Crippen MR) is 103 cm³/mol. The number of cyclic esters (lactones) is 1. The van der Waals surface area contributed by atoms with Gasteiger partial charge in [-0.1, -0.05) is 30.3 Å². The molecular formula is C22H25NO4. The first-order valence-electron chi connectivity index (χ1n) is 9.33. The highest BCUT2D eigenvalue weighted by Gasteiger charge is 2.28. The normalized spacial score (nSPS) is 16.0. The van der Waals surface area contributed by atoms with Gasteiger partial charge >= 0.3 is 5.97 Å². The Kier molecular flexibility index (Phi) is 6.24. The van der Waals surface area contributed by atoms with Gasteiger partial charge in [-0.2, -0.15) is 0 Å². The SMILES string of the molecule is CC(C)OCCCNC(=O)c1ccc2c(c1)CC(c1ccccc1)OC2=O. The molecule has 2 aromatic rings. The standard InChI is InChI=1S/C22H25NO4/c1-15(2)26-12-6-11-23-21(24)17-9-10-19-18(13-17)14-20(27-22(19)25)16-7-4-3-5-8-16/h3-5,7-10,13,15,20H,6,11-12,14H2,1-2H3,(H,23,24). The molecule has 2 aromatic carbocycles. The molecule has 1 atom stereocenters. The van der Waals surface area contributed by atoms with Crippen LogP contribution in [-0.4, -0.2) is 31.1 Å². The van der Waals surface area contributed by atoms with Gasteiger partial charge in [-0.15, -0.1) is 0 Å². The maximum absolute atomic E-state index is 12.4. The quantitative estimate of drug-likeness (QED) is 0.599. The van der Waals surface area contributed by atoms with E-state index in [0.717, 1.165) is 17.5 Å². The van der Waals surface area contributed by atoms with Gasteiger partial charge in [0.2, 0.25) is 0 Å². The summed E-state index contributed by atoms with van der Waals surface area (Å²) in [7, 11) is 0. The van der Waals surface area contributed by atoms with E-state index in [9.17, 15) is 9.59 Å². The lowest BCUT2D eigenvalue weighted by atomic mass is 9.93. The summed E-state index contributed by atoms with van der Waals surface area (Å²) in [6, 6.07) is 14.8. The number of carbonyl (C=O) groups excluding carboxylic acids is 2. The van der Waals surface area contributed by atoms with Crippen LogP contribution in [0.5, 0.6) is 0 Å². The topological polar surface area (TPSA) is 64.6 Å². The molecule has 1 heterocycles. The van der Waals surface area contributed by atoms with Gasteiger partial charge in [0.15, 0.2) is 0 Å². The van der Waals surface area contributed by atoms with Crippen LogP contribution < -0.4 is 5.32 Å². The molecule has 0 aliphatic carbocycles. The Morgan fingerprint density at radius 2 is 2.00 bits per heavy atom. The number of hydrogen-bond donors (Lipinski definition) is 1. The van der Waals surface area contributed by atoms with Crippen molar-refractivity contribution in [1.29, 1.82) is 0 Å². The monoisotopic (exact) mass is 367 g/mol.